The number of hydrogen-bond donors (Lipinski definition) is 0. The first kappa shape index (κ1) is 26.3. The summed E-state index contributed by atoms with van der Waals surface area (Å²) in [5.41, 5.74) is -0.00797. The van der Waals surface area contributed by atoms with E-state index in [1.54, 1.807) is 12.1 Å². The number of hydrogen-bond acceptors (Lipinski definition) is 6. The van der Waals surface area contributed by atoms with E-state index in [2.05, 4.69) is 6.92 Å². The predicted molar refractivity (Wildman–Crippen MR) is 127 cm³/mol. The van der Waals surface area contributed by atoms with Crippen LogP contribution in [0.4, 0.5) is 5.69 Å². The fourth-order valence-corrected chi connectivity index (χ4v) is 3.68. The fraction of sp³-hybridized carbons (Fsp3) is 0.440. The molecule has 0 amide bonds. The van der Waals surface area contributed by atoms with Crippen molar-refractivity contribution in [1.82, 2.24) is 0 Å². The standard InChI is InChI=1S/C25H30ClNO6/c1-2-3-4-5-6-7-8-11-17-32-24(28)20-14-9-10-15-21(20)25(29)33-18-19-13-12-16-22(26)23(19)27(30)31/h9-10,12-16H,2-8,11,17-18H2,1H3. The average Bonchev–Trinajstić information content (AvgIpc) is 2.81. The third-order valence-electron chi connectivity index (χ3n) is 5.21. The molecule has 0 spiro atoms. The summed E-state index contributed by atoms with van der Waals surface area (Å²) in [7, 11) is 0. The van der Waals surface area contributed by atoms with Crippen molar-refractivity contribution < 1.29 is 24.0 Å². The fourth-order valence-electron chi connectivity index (χ4n) is 3.42. The quantitative estimate of drug-likeness (QED) is 0.127. The molecule has 0 radical (unpaired) electrons. The minimum absolute atomic E-state index is 0.0431. The molecule has 178 valence electrons. The molecule has 0 heterocycles. The van der Waals surface area contributed by atoms with Gasteiger partial charge in [0.15, 0.2) is 0 Å². The Bertz CT molecular complexity index is 946. The Morgan fingerprint density at radius 3 is 2.03 bits per heavy atom. The molecule has 2 aromatic carbocycles. The van der Waals surface area contributed by atoms with Crippen LogP contribution in [0.15, 0.2) is 42.5 Å². The van der Waals surface area contributed by atoms with Crippen molar-refractivity contribution in [2.75, 3.05) is 6.61 Å². The first-order chi connectivity index (χ1) is 16.0. The Morgan fingerprint density at radius 1 is 0.848 bits per heavy atom. The summed E-state index contributed by atoms with van der Waals surface area (Å²) in [4.78, 5) is 35.7. The maximum atomic E-state index is 12.6. The number of nitrogens with zero attached hydrogens (tertiary/aromatic N) is 1. The Hall–Kier alpha value is -2.93. The topological polar surface area (TPSA) is 95.7 Å². The van der Waals surface area contributed by atoms with Gasteiger partial charge in [0.05, 0.1) is 28.2 Å². The highest BCUT2D eigenvalue weighted by atomic mass is 35.5. The number of ether oxygens (including phenoxy) is 2. The molecule has 0 bridgehead atoms. The largest absolute Gasteiger partial charge is 0.462 e. The van der Waals surface area contributed by atoms with Gasteiger partial charge in [0.1, 0.15) is 11.6 Å². The second kappa shape index (κ2) is 14.3. The second-order valence-corrected chi connectivity index (χ2v) is 8.14. The van der Waals surface area contributed by atoms with Crippen molar-refractivity contribution in [3.8, 4) is 0 Å². The van der Waals surface area contributed by atoms with E-state index in [-0.39, 0.29) is 40.6 Å². The third kappa shape index (κ3) is 8.50. The zero-order valence-electron chi connectivity index (χ0n) is 18.9. The number of carbonyl (C=O) groups is 2. The Labute approximate surface area is 199 Å². The molecule has 0 saturated heterocycles. The van der Waals surface area contributed by atoms with Gasteiger partial charge in [-0.3, -0.25) is 10.1 Å². The third-order valence-corrected chi connectivity index (χ3v) is 5.51. The van der Waals surface area contributed by atoms with Gasteiger partial charge in [0.25, 0.3) is 5.69 Å². The number of carbonyl (C=O) groups excluding carboxylic acids is 2. The summed E-state index contributed by atoms with van der Waals surface area (Å²) < 4.78 is 10.6. The van der Waals surface area contributed by atoms with Gasteiger partial charge in [-0.1, -0.05) is 81.7 Å². The van der Waals surface area contributed by atoms with Crippen LogP contribution in [-0.2, 0) is 16.1 Å². The summed E-state index contributed by atoms with van der Waals surface area (Å²) in [6.45, 7) is 2.13. The Kier molecular flexibility index (Phi) is 11.4. The molecule has 0 aliphatic carbocycles. The number of nitro benzene ring substituents is 1. The normalized spacial score (nSPS) is 10.6. The van der Waals surface area contributed by atoms with Crippen LogP contribution in [0.5, 0.6) is 0 Å². The monoisotopic (exact) mass is 475 g/mol. The van der Waals surface area contributed by atoms with Crippen molar-refractivity contribution in [3.05, 3.63) is 74.3 Å². The van der Waals surface area contributed by atoms with Crippen LogP contribution in [0.2, 0.25) is 5.02 Å². The summed E-state index contributed by atoms with van der Waals surface area (Å²) in [5, 5.41) is 11.2. The number of benzene rings is 2. The van der Waals surface area contributed by atoms with Crippen LogP contribution < -0.4 is 0 Å². The molecule has 0 atom stereocenters. The van der Waals surface area contributed by atoms with Gasteiger partial charge in [0, 0.05) is 0 Å². The molecule has 0 aliphatic heterocycles. The van der Waals surface area contributed by atoms with E-state index >= 15 is 0 Å². The van der Waals surface area contributed by atoms with Crippen LogP contribution in [0, 0.1) is 10.1 Å². The Balaban J connectivity index is 1.88. The number of para-hydroxylation sites is 1. The molecule has 0 unspecified atom stereocenters. The van der Waals surface area contributed by atoms with Gasteiger partial charge in [-0.25, -0.2) is 9.59 Å². The zero-order chi connectivity index (χ0) is 24.1. The highest BCUT2D eigenvalue weighted by molar-refractivity contribution is 6.32. The van der Waals surface area contributed by atoms with E-state index < -0.39 is 16.9 Å². The van der Waals surface area contributed by atoms with E-state index in [0.717, 1.165) is 19.3 Å². The number of rotatable bonds is 14. The smallest absolute Gasteiger partial charge is 0.339 e. The maximum absolute atomic E-state index is 12.6. The molecule has 8 heteroatoms. The lowest BCUT2D eigenvalue weighted by molar-refractivity contribution is -0.385. The van der Waals surface area contributed by atoms with Crippen molar-refractivity contribution in [2.45, 2.75) is 64.9 Å². The summed E-state index contributed by atoms with van der Waals surface area (Å²) in [6, 6.07) is 10.6. The van der Waals surface area contributed by atoms with Crippen LogP contribution in [-0.4, -0.2) is 23.5 Å². The minimum atomic E-state index is -0.774. The average molecular weight is 476 g/mol. The van der Waals surface area contributed by atoms with E-state index in [0.29, 0.717) is 0 Å². The lowest BCUT2D eigenvalue weighted by Crippen LogP contribution is -2.14. The van der Waals surface area contributed by atoms with Crippen molar-refractivity contribution in [1.29, 1.82) is 0 Å². The maximum Gasteiger partial charge on any atom is 0.339 e. The van der Waals surface area contributed by atoms with Gasteiger partial charge in [0.2, 0.25) is 0 Å². The number of nitro groups is 1. The van der Waals surface area contributed by atoms with E-state index in [4.69, 9.17) is 21.1 Å². The summed E-state index contributed by atoms with van der Waals surface area (Å²) >= 11 is 5.89. The molecule has 0 saturated carbocycles. The minimum Gasteiger partial charge on any atom is -0.462 e. The van der Waals surface area contributed by atoms with Crippen LogP contribution in [0.1, 0.15) is 84.6 Å². The lowest BCUT2D eigenvalue weighted by Gasteiger charge is -2.10. The van der Waals surface area contributed by atoms with E-state index in [1.807, 2.05) is 0 Å². The van der Waals surface area contributed by atoms with Gasteiger partial charge in [-0.2, -0.15) is 0 Å². The molecule has 2 aromatic rings. The molecular formula is C25H30ClNO6. The van der Waals surface area contributed by atoms with Gasteiger partial charge >= 0.3 is 11.9 Å². The van der Waals surface area contributed by atoms with Gasteiger partial charge in [-0.15, -0.1) is 0 Å². The highest BCUT2D eigenvalue weighted by Crippen LogP contribution is 2.29. The molecule has 0 fully saturated rings. The van der Waals surface area contributed by atoms with Crippen molar-refractivity contribution in [3.63, 3.8) is 0 Å². The molecule has 33 heavy (non-hydrogen) atoms. The van der Waals surface area contributed by atoms with Crippen molar-refractivity contribution in [2.24, 2.45) is 0 Å². The summed E-state index contributed by atoms with van der Waals surface area (Å²) in [6.07, 6.45) is 9.06. The number of esters is 2. The predicted octanol–water partition coefficient (Wildman–Crippen LogP) is 6.90. The van der Waals surface area contributed by atoms with Crippen LogP contribution in [0.25, 0.3) is 0 Å². The van der Waals surface area contributed by atoms with E-state index in [9.17, 15) is 19.7 Å². The zero-order valence-corrected chi connectivity index (χ0v) is 19.6. The van der Waals surface area contributed by atoms with E-state index in [1.165, 1.54) is 62.4 Å². The van der Waals surface area contributed by atoms with Gasteiger partial charge in [-0.05, 0) is 30.7 Å². The van der Waals surface area contributed by atoms with Crippen molar-refractivity contribution >= 4 is 29.2 Å². The summed E-state index contributed by atoms with van der Waals surface area (Å²) in [5.74, 6) is -1.37. The molecule has 0 aliphatic rings. The number of halogens is 1. The highest BCUT2D eigenvalue weighted by Gasteiger charge is 2.22. The SMILES string of the molecule is CCCCCCCCCCOC(=O)c1ccccc1C(=O)OCc1cccc(Cl)c1[N+](=O)[O-]. The first-order valence-electron chi connectivity index (χ1n) is 11.3. The molecule has 0 N–H and O–H groups in total. The lowest BCUT2D eigenvalue weighted by atomic mass is 10.1. The Morgan fingerprint density at radius 2 is 1.42 bits per heavy atom. The number of unbranched alkanes of at least 4 members (excludes halogenated alkanes) is 7. The van der Waals surface area contributed by atoms with Crippen LogP contribution in [0.3, 0.4) is 0 Å². The molecule has 7 nitrogen and oxygen atoms in total. The van der Waals surface area contributed by atoms with Crippen LogP contribution >= 0.6 is 11.6 Å². The first-order valence-corrected chi connectivity index (χ1v) is 11.7. The molecular weight excluding hydrogens is 446 g/mol. The van der Waals surface area contributed by atoms with Gasteiger partial charge < -0.3 is 9.47 Å². The second-order valence-electron chi connectivity index (χ2n) is 7.74. The molecule has 2 rings (SSSR count). The molecule has 0 aromatic heterocycles.